The first kappa shape index (κ1) is 16.3. The van der Waals surface area contributed by atoms with Crippen molar-refractivity contribution in [3.63, 3.8) is 0 Å². The SMILES string of the molecule is CCOC1COCCC1NC(=O)N[C@@H]1CC[C@@H]1c1ccccc1. The van der Waals surface area contributed by atoms with E-state index in [1.165, 1.54) is 5.56 Å². The Morgan fingerprint density at radius 2 is 1.96 bits per heavy atom. The van der Waals surface area contributed by atoms with Crippen molar-refractivity contribution in [2.24, 2.45) is 0 Å². The topological polar surface area (TPSA) is 59.6 Å². The lowest BCUT2D eigenvalue weighted by Crippen LogP contribution is -2.56. The molecule has 2 aliphatic rings. The summed E-state index contributed by atoms with van der Waals surface area (Å²) < 4.78 is 11.1. The van der Waals surface area contributed by atoms with Crippen LogP contribution in [0.15, 0.2) is 30.3 Å². The summed E-state index contributed by atoms with van der Waals surface area (Å²) in [6, 6.07) is 10.6. The Morgan fingerprint density at radius 3 is 2.65 bits per heavy atom. The van der Waals surface area contributed by atoms with Gasteiger partial charge in [0.25, 0.3) is 0 Å². The number of benzene rings is 1. The number of hydrogen-bond acceptors (Lipinski definition) is 3. The molecule has 1 saturated heterocycles. The molecule has 2 N–H and O–H groups in total. The Morgan fingerprint density at radius 1 is 1.17 bits per heavy atom. The predicted molar refractivity (Wildman–Crippen MR) is 88.5 cm³/mol. The fourth-order valence-electron chi connectivity index (χ4n) is 3.41. The summed E-state index contributed by atoms with van der Waals surface area (Å²) in [4.78, 5) is 12.3. The molecule has 1 aromatic carbocycles. The number of nitrogens with one attached hydrogen (secondary N) is 2. The maximum Gasteiger partial charge on any atom is 0.315 e. The summed E-state index contributed by atoms with van der Waals surface area (Å²) in [5.41, 5.74) is 1.31. The Kier molecular flexibility index (Phi) is 5.51. The summed E-state index contributed by atoms with van der Waals surface area (Å²) >= 11 is 0. The van der Waals surface area contributed by atoms with Crippen molar-refractivity contribution < 1.29 is 14.3 Å². The molecule has 5 nitrogen and oxygen atoms in total. The molecule has 5 heteroatoms. The summed E-state index contributed by atoms with van der Waals surface area (Å²) in [5, 5.41) is 6.20. The second-order valence-corrected chi connectivity index (χ2v) is 6.28. The molecule has 2 amide bonds. The van der Waals surface area contributed by atoms with Gasteiger partial charge in [0.2, 0.25) is 0 Å². The van der Waals surface area contributed by atoms with Crippen LogP contribution in [-0.2, 0) is 9.47 Å². The molecule has 0 spiro atoms. The third kappa shape index (κ3) is 4.03. The van der Waals surface area contributed by atoms with Gasteiger partial charge in [-0.25, -0.2) is 4.79 Å². The molecule has 126 valence electrons. The van der Waals surface area contributed by atoms with Gasteiger partial charge in [0.15, 0.2) is 0 Å². The molecule has 0 radical (unpaired) electrons. The van der Waals surface area contributed by atoms with Crippen molar-refractivity contribution in [1.29, 1.82) is 0 Å². The van der Waals surface area contributed by atoms with Crippen LogP contribution in [0.3, 0.4) is 0 Å². The molecule has 1 aliphatic carbocycles. The molecule has 0 bridgehead atoms. The van der Waals surface area contributed by atoms with Gasteiger partial charge in [-0.15, -0.1) is 0 Å². The van der Waals surface area contributed by atoms with E-state index in [4.69, 9.17) is 9.47 Å². The highest BCUT2D eigenvalue weighted by Gasteiger charge is 2.34. The van der Waals surface area contributed by atoms with Gasteiger partial charge in [-0.05, 0) is 31.7 Å². The first-order chi connectivity index (χ1) is 11.3. The van der Waals surface area contributed by atoms with Crippen LogP contribution < -0.4 is 10.6 Å². The van der Waals surface area contributed by atoms with Gasteiger partial charge in [-0.1, -0.05) is 30.3 Å². The van der Waals surface area contributed by atoms with Crippen LogP contribution in [-0.4, -0.2) is 44.0 Å². The van der Waals surface area contributed by atoms with Crippen molar-refractivity contribution in [2.75, 3.05) is 19.8 Å². The highest BCUT2D eigenvalue weighted by molar-refractivity contribution is 5.75. The minimum atomic E-state index is -0.0905. The highest BCUT2D eigenvalue weighted by Crippen LogP contribution is 2.36. The fourth-order valence-corrected chi connectivity index (χ4v) is 3.41. The van der Waals surface area contributed by atoms with Crippen molar-refractivity contribution in [3.05, 3.63) is 35.9 Å². The smallest absolute Gasteiger partial charge is 0.315 e. The Labute approximate surface area is 137 Å². The predicted octanol–water partition coefficient (Wildman–Crippen LogP) is 2.43. The average Bonchev–Trinajstić information content (AvgIpc) is 2.55. The molecule has 4 atom stereocenters. The van der Waals surface area contributed by atoms with Crippen LogP contribution in [0, 0.1) is 0 Å². The third-order valence-electron chi connectivity index (χ3n) is 4.82. The Balaban J connectivity index is 1.51. The minimum Gasteiger partial charge on any atom is -0.379 e. The number of ether oxygens (including phenoxy) is 2. The molecule has 0 aromatic heterocycles. The van der Waals surface area contributed by atoms with E-state index in [0.29, 0.717) is 25.7 Å². The van der Waals surface area contributed by atoms with Gasteiger partial charge in [-0.2, -0.15) is 0 Å². The normalized spacial score (nSPS) is 30.3. The average molecular weight is 318 g/mol. The standard InChI is InChI=1S/C18H26N2O3/c1-2-23-17-12-22-11-10-16(17)20-18(21)19-15-9-8-14(15)13-6-4-3-5-7-13/h3-7,14-17H,2,8-12H2,1H3,(H2,19,20,21)/t14-,15-,16?,17?/m1/s1. The summed E-state index contributed by atoms with van der Waals surface area (Å²) in [7, 11) is 0. The maximum absolute atomic E-state index is 12.3. The summed E-state index contributed by atoms with van der Waals surface area (Å²) in [6.07, 6.45) is 2.92. The van der Waals surface area contributed by atoms with Gasteiger partial charge in [0.1, 0.15) is 6.10 Å². The lowest BCUT2D eigenvalue weighted by atomic mass is 9.75. The zero-order valence-electron chi connectivity index (χ0n) is 13.7. The number of carbonyl (C=O) groups is 1. The molecule has 1 heterocycles. The van der Waals surface area contributed by atoms with Crippen molar-refractivity contribution in [3.8, 4) is 0 Å². The van der Waals surface area contributed by atoms with Crippen molar-refractivity contribution in [1.82, 2.24) is 10.6 Å². The second kappa shape index (κ2) is 7.79. The van der Waals surface area contributed by atoms with E-state index in [9.17, 15) is 4.79 Å². The molecular formula is C18H26N2O3. The zero-order valence-corrected chi connectivity index (χ0v) is 13.7. The lowest BCUT2D eigenvalue weighted by Gasteiger charge is -2.38. The van der Waals surface area contributed by atoms with E-state index in [1.807, 2.05) is 13.0 Å². The number of amides is 2. The van der Waals surface area contributed by atoms with Crippen LogP contribution >= 0.6 is 0 Å². The molecule has 23 heavy (non-hydrogen) atoms. The highest BCUT2D eigenvalue weighted by atomic mass is 16.5. The van der Waals surface area contributed by atoms with Gasteiger partial charge in [0.05, 0.1) is 12.6 Å². The first-order valence-electron chi connectivity index (χ1n) is 8.59. The lowest BCUT2D eigenvalue weighted by molar-refractivity contribution is -0.0626. The van der Waals surface area contributed by atoms with Crippen LogP contribution in [0.5, 0.6) is 0 Å². The van der Waals surface area contributed by atoms with Crippen LogP contribution in [0.25, 0.3) is 0 Å². The number of carbonyl (C=O) groups excluding carboxylic acids is 1. The van der Waals surface area contributed by atoms with E-state index >= 15 is 0 Å². The number of rotatable bonds is 5. The first-order valence-corrected chi connectivity index (χ1v) is 8.59. The number of urea groups is 1. The van der Waals surface area contributed by atoms with Crippen LogP contribution in [0.1, 0.15) is 37.7 Å². The maximum atomic E-state index is 12.3. The van der Waals surface area contributed by atoms with E-state index in [1.54, 1.807) is 0 Å². The van der Waals surface area contributed by atoms with Gasteiger partial charge >= 0.3 is 6.03 Å². The quantitative estimate of drug-likeness (QED) is 0.876. The zero-order chi connectivity index (χ0) is 16.1. The molecule has 3 rings (SSSR count). The van der Waals surface area contributed by atoms with E-state index in [0.717, 1.165) is 19.3 Å². The number of hydrogen-bond donors (Lipinski definition) is 2. The third-order valence-corrected chi connectivity index (χ3v) is 4.82. The van der Waals surface area contributed by atoms with Crippen LogP contribution in [0.4, 0.5) is 4.79 Å². The Hall–Kier alpha value is -1.59. The molecule has 1 saturated carbocycles. The molecule has 2 unspecified atom stereocenters. The molecule has 1 aromatic rings. The largest absolute Gasteiger partial charge is 0.379 e. The molecule has 1 aliphatic heterocycles. The van der Waals surface area contributed by atoms with E-state index < -0.39 is 0 Å². The minimum absolute atomic E-state index is 0.0268. The van der Waals surface area contributed by atoms with Crippen molar-refractivity contribution >= 4 is 6.03 Å². The fraction of sp³-hybridized carbons (Fsp3) is 0.611. The second-order valence-electron chi connectivity index (χ2n) is 6.28. The monoisotopic (exact) mass is 318 g/mol. The van der Waals surface area contributed by atoms with Gasteiger partial charge < -0.3 is 20.1 Å². The summed E-state index contributed by atoms with van der Waals surface area (Å²) in [5.74, 6) is 0.430. The van der Waals surface area contributed by atoms with Crippen LogP contribution in [0.2, 0.25) is 0 Å². The van der Waals surface area contributed by atoms with E-state index in [-0.39, 0.29) is 24.2 Å². The van der Waals surface area contributed by atoms with E-state index in [2.05, 4.69) is 34.9 Å². The summed E-state index contributed by atoms with van der Waals surface area (Å²) in [6.45, 7) is 3.82. The molecular weight excluding hydrogens is 292 g/mol. The van der Waals surface area contributed by atoms with Gasteiger partial charge in [0, 0.05) is 25.2 Å². The van der Waals surface area contributed by atoms with Gasteiger partial charge in [-0.3, -0.25) is 0 Å². The van der Waals surface area contributed by atoms with Crippen molar-refractivity contribution in [2.45, 2.75) is 50.3 Å². The Bertz CT molecular complexity index is 506. The molecule has 2 fully saturated rings.